The lowest BCUT2D eigenvalue weighted by molar-refractivity contribution is 0.0928. The number of carbonyl (C=O) groups is 1. The molecule has 0 amide bonds. The van der Waals surface area contributed by atoms with Crippen LogP contribution in [-0.4, -0.2) is 6.16 Å². The van der Waals surface area contributed by atoms with Gasteiger partial charge in [-0.3, -0.25) is 0 Å². The lowest BCUT2D eigenvalue weighted by Crippen LogP contribution is -2.10. The summed E-state index contributed by atoms with van der Waals surface area (Å²) in [7, 11) is 0. The number of hydrogen-bond acceptors (Lipinski definition) is 3. The average Bonchev–Trinajstić information content (AvgIpc) is 2.41. The fourth-order valence-electron chi connectivity index (χ4n) is 1.56. The van der Waals surface area contributed by atoms with Gasteiger partial charge in [0.15, 0.2) is 0 Å². The zero-order valence-electron chi connectivity index (χ0n) is 11.1. The molecule has 0 radical (unpaired) electrons. The molecule has 0 bridgehead atoms. The van der Waals surface area contributed by atoms with Crippen molar-refractivity contribution < 1.29 is 14.3 Å². The van der Waals surface area contributed by atoms with E-state index in [0.29, 0.717) is 5.75 Å². The van der Waals surface area contributed by atoms with E-state index in [4.69, 9.17) is 9.47 Å². The molecule has 0 N–H and O–H groups in total. The Morgan fingerprint density at radius 3 is 2.00 bits per heavy atom. The van der Waals surface area contributed by atoms with Gasteiger partial charge in [-0.05, 0) is 31.5 Å². The van der Waals surface area contributed by atoms with Crippen molar-refractivity contribution in [3.8, 4) is 5.75 Å². The summed E-state index contributed by atoms with van der Waals surface area (Å²) in [6.07, 6.45) is -0.690. The quantitative estimate of drug-likeness (QED) is 0.614. The maximum absolute atomic E-state index is 11.5. The Labute approximate surface area is 112 Å². The van der Waals surface area contributed by atoms with Crippen molar-refractivity contribution in [1.29, 1.82) is 0 Å². The summed E-state index contributed by atoms with van der Waals surface area (Å²) in [6, 6.07) is 15.0. The largest absolute Gasteiger partial charge is 0.514 e. The number of hydrogen-bond donors (Lipinski definition) is 0. The Kier molecular flexibility index (Phi) is 4.18. The molecule has 0 spiro atoms. The van der Waals surface area contributed by atoms with Gasteiger partial charge in [-0.1, -0.05) is 47.5 Å². The highest BCUT2D eigenvalue weighted by molar-refractivity contribution is 5.63. The van der Waals surface area contributed by atoms with E-state index in [1.165, 1.54) is 5.56 Å². The molecule has 0 fully saturated rings. The summed E-state index contributed by atoms with van der Waals surface area (Å²) < 4.78 is 10.1. The van der Waals surface area contributed by atoms with E-state index >= 15 is 0 Å². The van der Waals surface area contributed by atoms with Gasteiger partial charge in [-0.15, -0.1) is 0 Å². The molecule has 19 heavy (non-hydrogen) atoms. The van der Waals surface area contributed by atoms with E-state index in [1.54, 1.807) is 12.1 Å². The van der Waals surface area contributed by atoms with Gasteiger partial charge in [-0.2, -0.15) is 0 Å². The molecular weight excluding hydrogens is 240 g/mol. The Hall–Kier alpha value is -2.29. The first-order chi connectivity index (χ1) is 9.13. The van der Waals surface area contributed by atoms with Crippen LogP contribution in [0.3, 0.4) is 0 Å². The summed E-state index contributed by atoms with van der Waals surface area (Å²) in [4.78, 5) is 11.5. The minimum Gasteiger partial charge on any atom is -0.429 e. The second kappa shape index (κ2) is 6.05. The highest BCUT2D eigenvalue weighted by Crippen LogP contribution is 2.12. The lowest BCUT2D eigenvalue weighted by Gasteiger charge is -2.06. The topological polar surface area (TPSA) is 35.5 Å². The van der Waals surface area contributed by atoms with Crippen LogP contribution in [0, 0.1) is 13.8 Å². The molecule has 0 aliphatic carbocycles. The van der Waals surface area contributed by atoms with Crippen molar-refractivity contribution in [3.63, 3.8) is 0 Å². The fourth-order valence-corrected chi connectivity index (χ4v) is 1.56. The molecule has 0 saturated heterocycles. The monoisotopic (exact) mass is 256 g/mol. The maximum Gasteiger partial charge on any atom is 0.514 e. The first-order valence-corrected chi connectivity index (χ1v) is 6.10. The summed E-state index contributed by atoms with van der Waals surface area (Å²) in [5, 5.41) is 0. The molecule has 3 nitrogen and oxygen atoms in total. The van der Waals surface area contributed by atoms with Gasteiger partial charge in [0.25, 0.3) is 0 Å². The first kappa shape index (κ1) is 13.1. The molecule has 0 atom stereocenters. The highest BCUT2D eigenvalue weighted by atomic mass is 16.7. The van der Waals surface area contributed by atoms with Gasteiger partial charge >= 0.3 is 6.16 Å². The number of ether oxygens (including phenoxy) is 2. The van der Waals surface area contributed by atoms with Gasteiger partial charge in [0, 0.05) is 0 Å². The second-order valence-electron chi connectivity index (χ2n) is 4.44. The van der Waals surface area contributed by atoms with Crippen LogP contribution < -0.4 is 4.74 Å². The number of aryl methyl sites for hydroxylation is 2. The zero-order chi connectivity index (χ0) is 13.7. The highest BCUT2D eigenvalue weighted by Gasteiger charge is 2.06. The van der Waals surface area contributed by atoms with E-state index in [0.717, 1.165) is 11.1 Å². The van der Waals surface area contributed by atoms with Crippen molar-refractivity contribution in [3.05, 3.63) is 65.2 Å². The van der Waals surface area contributed by atoms with Gasteiger partial charge in [0.1, 0.15) is 12.4 Å². The van der Waals surface area contributed by atoms with Gasteiger partial charge < -0.3 is 9.47 Å². The number of benzene rings is 2. The van der Waals surface area contributed by atoms with Crippen LogP contribution >= 0.6 is 0 Å². The fraction of sp³-hybridized carbons (Fsp3) is 0.188. The third kappa shape index (κ3) is 4.14. The molecule has 2 aromatic rings. The van der Waals surface area contributed by atoms with E-state index in [9.17, 15) is 4.79 Å². The van der Waals surface area contributed by atoms with E-state index < -0.39 is 6.16 Å². The van der Waals surface area contributed by atoms with Crippen LogP contribution in [0.15, 0.2) is 48.5 Å². The zero-order valence-corrected chi connectivity index (χ0v) is 11.1. The van der Waals surface area contributed by atoms with Crippen LogP contribution in [-0.2, 0) is 11.3 Å². The van der Waals surface area contributed by atoms with Gasteiger partial charge in [-0.25, -0.2) is 4.79 Å². The van der Waals surface area contributed by atoms with Crippen molar-refractivity contribution in [2.24, 2.45) is 0 Å². The first-order valence-electron chi connectivity index (χ1n) is 6.10. The molecule has 3 heteroatoms. The molecule has 0 aliphatic rings. The summed E-state index contributed by atoms with van der Waals surface area (Å²) in [5.74, 6) is 0.486. The summed E-state index contributed by atoms with van der Waals surface area (Å²) >= 11 is 0. The predicted octanol–water partition coefficient (Wildman–Crippen LogP) is 4.02. The molecule has 0 unspecified atom stereocenters. The van der Waals surface area contributed by atoms with Crippen molar-refractivity contribution in [2.45, 2.75) is 20.5 Å². The minimum absolute atomic E-state index is 0.213. The maximum atomic E-state index is 11.5. The Bertz CT molecular complexity index is 541. The van der Waals surface area contributed by atoms with Crippen molar-refractivity contribution in [1.82, 2.24) is 0 Å². The third-order valence-corrected chi connectivity index (χ3v) is 2.70. The van der Waals surface area contributed by atoms with Crippen LogP contribution in [0.2, 0.25) is 0 Å². The molecule has 0 aromatic heterocycles. The van der Waals surface area contributed by atoms with Crippen LogP contribution in [0.5, 0.6) is 5.75 Å². The van der Waals surface area contributed by atoms with Gasteiger partial charge in [0.2, 0.25) is 0 Å². The van der Waals surface area contributed by atoms with Crippen LogP contribution in [0.1, 0.15) is 16.7 Å². The Morgan fingerprint density at radius 1 is 0.895 bits per heavy atom. The average molecular weight is 256 g/mol. The molecular formula is C16H16O3. The predicted molar refractivity (Wildman–Crippen MR) is 73.2 cm³/mol. The Morgan fingerprint density at radius 2 is 1.42 bits per heavy atom. The molecule has 2 rings (SSSR count). The molecule has 0 aliphatic heterocycles. The van der Waals surface area contributed by atoms with Crippen LogP contribution in [0.4, 0.5) is 4.79 Å². The molecule has 98 valence electrons. The third-order valence-electron chi connectivity index (χ3n) is 2.70. The molecule has 2 aromatic carbocycles. The Balaban J connectivity index is 1.84. The summed E-state index contributed by atoms with van der Waals surface area (Å²) in [5.41, 5.74) is 3.22. The summed E-state index contributed by atoms with van der Waals surface area (Å²) in [6.45, 7) is 4.20. The molecule has 0 saturated carbocycles. The van der Waals surface area contributed by atoms with E-state index in [1.807, 2.05) is 50.2 Å². The number of rotatable bonds is 3. The lowest BCUT2D eigenvalue weighted by atomic mass is 10.2. The van der Waals surface area contributed by atoms with E-state index in [2.05, 4.69) is 0 Å². The van der Waals surface area contributed by atoms with Gasteiger partial charge in [0.05, 0.1) is 0 Å². The SMILES string of the molecule is Cc1ccc(COC(=O)Oc2ccc(C)cc2)cc1. The minimum atomic E-state index is -0.690. The smallest absolute Gasteiger partial charge is 0.429 e. The van der Waals surface area contributed by atoms with Crippen molar-refractivity contribution in [2.75, 3.05) is 0 Å². The van der Waals surface area contributed by atoms with Crippen LogP contribution in [0.25, 0.3) is 0 Å². The number of carbonyl (C=O) groups excluding carboxylic acids is 1. The van der Waals surface area contributed by atoms with E-state index in [-0.39, 0.29) is 6.61 Å². The second-order valence-corrected chi connectivity index (χ2v) is 4.44. The normalized spacial score (nSPS) is 10.0. The standard InChI is InChI=1S/C16H16O3/c1-12-3-7-14(8-4-12)11-18-16(17)19-15-9-5-13(2)6-10-15/h3-10H,11H2,1-2H3. The molecule has 0 heterocycles. The van der Waals surface area contributed by atoms with Crippen molar-refractivity contribution >= 4 is 6.16 Å².